The van der Waals surface area contributed by atoms with Gasteiger partial charge in [0.05, 0.1) is 0 Å². The molecule has 2 fully saturated rings. The van der Waals surface area contributed by atoms with E-state index in [0.717, 1.165) is 25.7 Å². The van der Waals surface area contributed by atoms with Crippen LogP contribution in [0.3, 0.4) is 0 Å². The molecule has 0 aromatic rings. The molecule has 4 heteroatoms. The number of carboxylic acid groups (broad SMARTS) is 1. The minimum Gasteiger partial charge on any atom is -0.478 e. The number of carboxylic acids is 1. The minimum absolute atomic E-state index is 0.426. The van der Waals surface area contributed by atoms with Crippen molar-refractivity contribution < 1.29 is 9.90 Å². The topological polar surface area (TPSA) is 43.8 Å². The quantitative estimate of drug-likeness (QED) is 0.861. The molecule has 0 atom stereocenters. The van der Waals surface area contributed by atoms with Crippen LogP contribution in [0.2, 0.25) is 0 Å². The number of rotatable bonds is 3. The third-order valence-corrected chi connectivity index (χ3v) is 5.19. The van der Waals surface area contributed by atoms with Gasteiger partial charge < -0.3 is 14.9 Å². The van der Waals surface area contributed by atoms with Crippen LogP contribution in [0.5, 0.6) is 0 Å². The van der Waals surface area contributed by atoms with Crippen LogP contribution in [0, 0.1) is 0 Å². The second-order valence-electron chi connectivity index (χ2n) is 6.49. The number of hydrogen-bond donors (Lipinski definition) is 1. The standard InChI is InChI=1S/C16H26N2O2/c19-16(20)15-17(13-7-3-1-4-8-13)11-12-18(15)14-9-5-2-6-10-14/h11-15H,1-10H2,(H,19,20). The molecule has 4 nitrogen and oxygen atoms in total. The lowest BCUT2D eigenvalue weighted by atomic mass is 9.93. The van der Waals surface area contributed by atoms with Crippen LogP contribution in [0.25, 0.3) is 0 Å². The summed E-state index contributed by atoms with van der Waals surface area (Å²) >= 11 is 0. The highest BCUT2D eigenvalue weighted by atomic mass is 16.4. The second-order valence-corrected chi connectivity index (χ2v) is 6.49. The van der Waals surface area contributed by atoms with Gasteiger partial charge in [0.15, 0.2) is 0 Å². The molecule has 2 saturated carbocycles. The monoisotopic (exact) mass is 278 g/mol. The first-order chi connectivity index (χ1) is 9.77. The molecule has 0 aromatic carbocycles. The van der Waals surface area contributed by atoms with Crippen molar-refractivity contribution in [1.82, 2.24) is 9.80 Å². The minimum atomic E-state index is -0.689. The number of aliphatic carboxylic acids is 1. The zero-order chi connectivity index (χ0) is 13.9. The van der Waals surface area contributed by atoms with Gasteiger partial charge in [-0.05, 0) is 25.7 Å². The molecule has 0 unspecified atom stereocenters. The van der Waals surface area contributed by atoms with E-state index in [9.17, 15) is 9.90 Å². The van der Waals surface area contributed by atoms with Gasteiger partial charge in [-0.15, -0.1) is 0 Å². The fourth-order valence-corrected chi connectivity index (χ4v) is 4.13. The van der Waals surface area contributed by atoms with Crippen LogP contribution in [0.15, 0.2) is 12.4 Å². The Bertz CT molecular complexity index is 343. The van der Waals surface area contributed by atoms with Crippen LogP contribution in [-0.2, 0) is 4.79 Å². The molecule has 0 radical (unpaired) electrons. The van der Waals surface area contributed by atoms with E-state index in [-0.39, 0.29) is 0 Å². The summed E-state index contributed by atoms with van der Waals surface area (Å²) in [5.41, 5.74) is 0. The molecular weight excluding hydrogens is 252 g/mol. The fourth-order valence-electron chi connectivity index (χ4n) is 4.13. The molecule has 0 bridgehead atoms. The lowest BCUT2D eigenvalue weighted by Gasteiger charge is -2.40. The Morgan fingerprint density at radius 1 is 0.800 bits per heavy atom. The highest BCUT2D eigenvalue weighted by molar-refractivity contribution is 5.74. The van der Waals surface area contributed by atoms with Gasteiger partial charge in [-0.1, -0.05) is 38.5 Å². The third-order valence-electron chi connectivity index (χ3n) is 5.19. The zero-order valence-corrected chi connectivity index (χ0v) is 12.2. The van der Waals surface area contributed by atoms with E-state index in [1.54, 1.807) is 0 Å². The summed E-state index contributed by atoms with van der Waals surface area (Å²) in [5, 5.41) is 9.69. The van der Waals surface area contributed by atoms with E-state index in [2.05, 4.69) is 9.80 Å². The first-order valence-corrected chi connectivity index (χ1v) is 8.23. The Hall–Kier alpha value is -1.19. The van der Waals surface area contributed by atoms with E-state index in [1.165, 1.54) is 38.5 Å². The maximum atomic E-state index is 11.8. The molecule has 1 heterocycles. The third kappa shape index (κ3) is 2.65. The summed E-state index contributed by atoms with van der Waals surface area (Å²) in [7, 11) is 0. The lowest BCUT2D eigenvalue weighted by molar-refractivity contribution is -0.149. The van der Waals surface area contributed by atoms with Crippen molar-refractivity contribution in [1.29, 1.82) is 0 Å². The zero-order valence-electron chi connectivity index (χ0n) is 12.2. The Morgan fingerprint density at radius 3 is 1.55 bits per heavy atom. The molecule has 2 aliphatic carbocycles. The smallest absolute Gasteiger partial charge is 0.347 e. The summed E-state index contributed by atoms with van der Waals surface area (Å²) in [4.78, 5) is 16.0. The Balaban J connectivity index is 1.72. The Labute approximate surface area is 121 Å². The predicted octanol–water partition coefficient (Wildman–Crippen LogP) is 3.15. The first kappa shape index (κ1) is 13.8. The maximum absolute atomic E-state index is 11.8. The van der Waals surface area contributed by atoms with Crippen LogP contribution in [0.4, 0.5) is 0 Å². The van der Waals surface area contributed by atoms with Crippen molar-refractivity contribution in [2.45, 2.75) is 82.5 Å². The van der Waals surface area contributed by atoms with Gasteiger partial charge in [0.1, 0.15) is 0 Å². The van der Waals surface area contributed by atoms with Crippen LogP contribution in [-0.4, -0.2) is 39.1 Å². The maximum Gasteiger partial charge on any atom is 0.347 e. The van der Waals surface area contributed by atoms with Crippen LogP contribution >= 0.6 is 0 Å². The molecular formula is C16H26N2O2. The number of hydrogen-bond acceptors (Lipinski definition) is 3. The summed E-state index contributed by atoms with van der Waals surface area (Å²) in [6.45, 7) is 0. The molecule has 3 aliphatic rings. The highest BCUT2D eigenvalue weighted by Gasteiger charge is 2.40. The molecule has 3 rings (SSSR count). The number of nitrogens with zero attached hydrogens (tertiary/aromatic N) is 2. The van der Waals surface area contributed by atoms with Crippen molar-refractivity contribution >= 4 is 5.97 Å². The Morgan fingerprint density at radius 2 is 1.20 bits per heavy atom. The van der Waals surface area contributed by atoms with Crippen molar-refractivity contribution in [3.8, 4) is 0 Å². The molecule has 112 valence electrons. The van der Waals surface area contributed by atoms with Gasteiger partial charge >= 0.3 is 5.97 Å². The van der Waals surface area contributed by atoms with Gasteiger partial charge in [-0.3, -0.25) is 0 Å². The molecule has 1 N–H and O–H groups in total. The van der Waals surface area contributed by atoms with Gasteiger partial charge in [-0.25, -0.2) is 4.79 Å². The van der Waals surface area contributed by atoms with E-state index in [1.807, 2.05) is 12.4 Å². The predicted molar refractivity (Wildman–Crippen MR) is 78.0 cm³/mol. The molecule has 0 aromatic heterocycles. The van der Waals surface area contributed by atoms with Crippen molar-refractivity contribution in [3.63, 3.8) is 0 Å². The molecule has 0 spiro atoms. The molecule has 0 amide bonds. The highest BCUT2D eigenvalue weighted by Crippen LogP contribution is 2.33. The summed E-state index contributed by atoms with van der Waals surface area (Å²) in [6.07, 6.45) is 15.8. The first-order valence-electron chi connectivity index (χ1n) is 8.23. The summed E-state index contributed by atoms with van der Waals surface area (Å²) < 4.78 is 0. The average molecular weight is 278 g/mol. The van der Waals surface area contributed by atoms with Crippen molar-refractivity contribution in [2.24, 2.45) is 0 Å². The van der Waals surface area contributed by atoms with Gasteiger partial charge in [0.25, 0.3) is 0 Å². The molecule has 1 aliphatic heterocycles. The Kier molecular flexibility index (Phi) is 4.18. The van der Waals surface area contributed by atoms with Gasteiger partial charge in [-0.2, -0.15) is 0 Å². The SMILES string of the molecule is O=C(O)C1N(C2CCCCC2)C=CN1C1CCCCC1. The fraction of sp³-hybridized carbons (Fsp3) is 0.812. The van der Waals surface area contributed by atoms with E-state index in [4.69, 9.17) is 0 Å². The van der Waals surface area contributed by atoms with Gasteiger partial charge in [0, 0.05) is 24.5 Å². The summed E-state index contributed by atoms with van der Waals surface area (Å²) in [5.74, 6) is -0.689. The summed E-state index contributed by atoms with van der Waals surface area (Å²) in [6, 6.07) is 0.851. The normalized spacial score (nSPS) is 26.4. The molecule has 0 saturated heterocycles. The van der Waals surface area contributed by atoms with E-state index < -0.39 is 12.1 Å². The van der Waals surface area contributed by atoms with Crippen LogP contribution in [0.1, 0.15) is 64.2 Å². The van der Waals surface area contributed by atoms with E-state index >= 15 is 0 Å². The molecule has 20 heavy (non-hydrogen) atoms. The number of carbonyl (C=O) groups is 1. The van der Waals surface area contributed by atoms with E-state index in [0.29, 0.717) is 12.1 Å². The second kappa shape index (κ2) is 6.06. The van der Waals surface area contributed by atoms with Crippen molar-refractivity contribution in [3.05, 3.63) is 12.4 Å². The lowest BCUT2D eigenvalue weighted by Crippen LogP contribution is -2.52. The largest absolute Gasteiger partial charge is 0.478 e. The van der Waals surface area contributed by atoms with Gasteiger partial charge in [0.2, 0.25) is 6.17 Å². The van der Waals surface area contributed by atoms with Crippen LogP contribution < -0.4 is 0 Å². The van der Waals surface area contributed by atoms with Crippen molar-refractivity contribution in [2.75, 3.05) is 0 Å². The average Bonchev–Trinajstić information content (AvgIpc) is 2.94.